The molecule has 0 saturated heterocycles. The first-order valence-electron chi connectivity index (χ1n) is 8.83. The summed E-state index contributed by atoms with van der Waals surface area (Å²) in [6.45, 7) is 4.49. The van der Waals surface area contributed by atoms with Gasteiger partial charge in [0.2, 0.25) is 5.91 Å². The zero-order chi connectivity index (χ0) is 19.4. The van der Waals surface area contributed by atoms with Crippen molar-refractivity contribution >= 4 is 17.7 Å². The first-order chi connectivity index (χ1) is 13.0. The zero-order valence-corrected chi connectivity index (χ0v) is 15.3. The highest BCUT2D eigenvalue weighted by molar-refractivity contribution is 6.22. The number of carbonyl (C=O) groups is 3. The van der Waals surface area contributed by atoms with Crippen LogP contribution in [0.5, 0.6) is 0 Å². The van der Waals surface area contributed by atoms with Gasteiger partial charge in [-0.25, -0.2) is 0 Å². The molecule has 0 unspecified atom stereocenters. The topological polar surface area (TPSA) is 88.9 Å². The van der Waals surface area contributed by atoms with Crippen molar-refractivity contribution in [2.45, 2.75) is 19.9 Å². The van der Waals surface area contributed by atoms with Gasteiger partial charge in [-0.05, 0) is 30.2 Å². The van der Waals surface area contributed by atoms with Gasteiger partial charge in [0.05, 0.1) is 24.0 Å². The standard InChI is InChI=1S/C20H22N2O5/c1-13(2)11-26-12-16(17-8-5-9-27-17)21-18(23)10-22-19(24)14-6-3-4-7-15(14)20(22)25/h3-9,13,16H,10-12H2,1-2H3,(H,21,23)/t16-/m0/s1. The molecule has 1 aromatic carbocycles. The number of hydrogen-bond donors (Lipinski definition) is 1. The second-order valence-electron chi connectivity index (χ2n) is 6.81. The Morgan fingerprint density at radius 2 is 1.74 bits per heavy atom. The minimum absolute atomic E-state index is 0.236. The van der Waals surface area contributed by atoms with E-state index in [9.17, 15) is 14.4 Å². The van der Waals surface area contributed by atoms with Gasteiger partial charge in [-0.15, -0.1) is 0 Å². The summed E-state index contributed by atoms with van der Waals surface area (Å²) in [5.74, 6) is -0.475. The lowest BCUT2D eigenvalue weighted by Gasteiger charge is -2.20. The summed E-state index contributed by atoms with van der Waals surface area (Å²) in [7, 11) is 0. The van der Waals surface area contributed by atoms with Gasteiger partial charge in [0.25, 0.3) is 11.8 Å². The molecule has 27 heavy (non-hydrogen) atoms. The summed E-state index contributed by atoms with van der Waals surface area (Å²) in [4.78, 5) is 38.2. The number of nitrogens with one attached hydrogen (secondary N) is 1. The van der Waals surface area contributed by atoms with Crippen LogP contribution in [0.4, 0.5) is 0 Å². The van der Waals surface area contributed by atoms with Crippen LogP contribution in [0.2, 0.25) is 0 Å². The predicted octanol–water partition coefficient (Wildman–Crippen LogP) is 2.41. The van der Waals surface area contributed by atoms with Gasteiger partial charge >= 0.3 is 0 Å². The minimum atomic E-state index is -0.499. The lowest BCUT2D eigenvalue weighted by molar-refractivity contribution is -0.122. The Hall–Kier alpha value is -2.93. The number of nitrogens with zero attached hydrogens (tertiary/aromatic N) is 1. The van der Waals surface area contributed by atoms with E-state index in [1.165, 1.54) is 6.26 Å². The van der Waals surface area contributed by atoms with E-state index >= 15 is 0 Å². The molecule has 1 aliphatic heterocycles. The van der Waals surface area contributed by atoms with Gasteiger partial charge in [-0.2, -0.15) is 0 Å². The summed E-state index contributed by atoms with van der Waals surface area (Å²) >= 11 is 0. The molecule has 2 heterocycles. The first-order valence-corrected chi connectivity index (χ1v) is 8.83. The fourth-order valence-electron chi connectivity index (χ4n) is 2.87. The van der Waals surface area contributed by atoms with Crippen molar-refractivity contribution in [3.05, 3.63) is 59.5 Å². The second-order valence-corrected chi connectivity index (χ2v) is 6.81. The maximum Gasteiger partial charge on any atom is 0.262 e. The largest absolute Gasteiger partial charge is 0.467 e. The number of carbonyl (C=O) groups excluding carboxylic acids is 3. The second kappa shape index (κ2) is 8.18. The molecule has 0 fully saturated rings. The van der Waals surface area contributed by atoms with Crippen LogP contribution in [0.25, 0.3) is 0 Å². The van der Waals surface area contributed by atoms with E-state index in [1.807, 2.05) is 13.8 Å². The molecule has 0 spiro atoms. The quantitative estimate of drug-likeness (QED) is 0.721. The number of rotatable bonds is 8. The molecule has 0 aliphatic carbocycles. The van der Waals surface area contributed by atoms with E-state index < -0.39 is 23.8 Å². The molecular weight excluding hydrogens is 348 g/mol. The number of amides is 3. The number of imide groups is 1. The predicted molar refractivity (Wildman–Crippen MR) is 97.1 cm³/mol. The summed E-state index contributed by atoms with van der Waals surface area (Å²) in [6, 6.07) is 9.51. The lowest BCUT2D eigenvalue weighted by atomic mass is 10.1. The highest BCUT2D eigenvalue weighted by Gasteiger charge is 2.36. The number of fused-ring (bicyclic) bond motifs is 1. The van der Waals surface area contributed by atoms with Crippen LogP contribution < -0.4 is 5.32 Å². The van der Waals surface area contributed by atoms with Crippen molar-refractivity contribution in [1.82, 2.24) is 10.2 Å². The van der Waals surface area contributed by atoms with Crippen LogP contribution in [-0.4, -0.2) is 42.4 Å². The maximum atomic E-state index is 12.5. The third kappa shape index (κ3) is 4.25. The van der Waals surface area contributed by atoms with Gasteiger partial charge in [0, 0.05) is 6.61 Å². The fraction of sp³-hybridized carbons (Fsp3) is 0.350. The summed E-state index contributed by atoms with van der Waals surface area (Å²) in [5.41, 5.74) is 0.635. The molecule has 0 radical (unpaired) electrons. The van der Waals surface area contributed by atoms with Crippen LogP contribution in [0.3, 0.4) is 0 Å². The highest BCUT2D eigenvalue weighted by Crippen LogP contribution is 2.22. The molecule has 2 aromatic rings. The maximum absolute atomic E-state index is 12.5. The molecule has 7 heteroatoms. The molecule has 3 rings (SSSR count). The average molecular weight is 370 g/mol. The van der Waals surface area contributed by atoms with E-state index in [2.05, 4.69) is 5.32 Å². The zero-order valence-electron chi connectivity index (χ0n) is 15.3. The first kappa shape index (κ1) is 18.8. The van der Waals surface area contributed by atoms with Crippen LogP contribution >= 0.6 is 0 Å². The molecule has 1 aliphatic rings. The van der Waals surface area contributed by atoms with Gasteiger partial charge < -0.3 is 14.5 Å². The van der Waals surface area contributed by atoms with Crippen molar-refractivity contribution in [2.75, 3.05) is 19.8 Å². The molecule has 0 saturated carbocycles. The molecule has 1 N–H and O–H groups in total. The highest BCUT2D eigenvalue weighted by atomic mass is 16.5. The van der Waals surface area contributed by atoms with Gasteiger partial charge in [0.15, 0.2) is 0 Å². The molecule has 3 amide bonds. The Morgan fingerprint density at radius 1 is 1.07 bits per heavy atom. The van der Waals surface area contributed by atoms with Crippen molar-refractivity contribution in [1.29, 1.82) is 0 Å². The molecule has 7 nitrogen and oxygen atoms in total. The molecule has 0 bridgehead atoms. The van der Waals surface area contributed by atoms with Crippen molar-refractivity contribution < 1.29 is 23.5 Å². The summed E-state index contributed by atoms with van der Waals surface area (Å²) < 4.78 is 11.0. The van der Waals surface area contributed by atoms with E-state index in [0.29, 0.717) is 29.4 Å². The van der Waals surface area contributed by atoms with E-state index in [1.54, 1.807) is 36.4 Å². The third-order valence-corrected chi connectivity index (χ3v) is 4.14. The lowest BCUT2D eigenvalue weighted by Crippen LogP contribution is -2.42. The van der Waals surface area contributed by atoms with Crippen LogP contribution in [0.15, 0.2) is 47.1 Å². The van der Waals surface area contributed by atoms with E-state index in [0.717, 1.165) is 4.90 Å². The summed E-state index contributed by atoms with van der Waals surface area (Å²) in [5, 5.41) is 2.78. The number of benzene rings is 1. The van der Waals surface area contributed by atoms with Crippen LogP contribution in [0.1, 0.15) is 46.4 Å². The molecule has 1 atom stereocenters. The Balaban J connectivity index is 1.64. The van der Waals surface area contributed by atoms with Gasteiger partial charge in [-0.3, -0.25) is 19.3 Å². The fourth-order valence-corrected chi connectivity index (χ4v) is 2.87. The van der Waals surface area contributed by atoms with Crippen molar-refractivity contribution in [3.63, 3.8) is 0 Å². The third-order valence-electron chi connectivity index (χ3n) is 4.14. The average Bonchev–Trinajstić information content (AvgIpc) is 3.25. The van der Waals surface area contributed by atoms with E-state index in [4.69, 9.17) is 9.15 Å². The Morgan fingerprint density at radius 3 is 2.30 bits per heavy atom. The Labute approximate surface area is 157 Å². The van der Waals surface area contributed by atoms with E-state index in [-0.39, 0.29) is 13.2 Å². The van der Waals surface area contributed by atoms with Crippen LogP contribution in [0, 0.1) is 5.92 Å². The normalized spacial score (nSPS) is 14.6. The van der Waals surface area contributed by atoms with Crippen molar-refractivity contribution in [2.24, 2.45) is 5.92 Å². The minimum Gasteiger partial charge on any atom is -0.467 e. The number of hydrogen-bond acceptors (Lipinski definition) is 5. The van der Waals surface area contributed by atoms with Gasteiger partial charge in [-0.1, -0.05) is 26.0 Å². The number of ether oxygens (including phenoxy) is 1. The van der Waals surface area contributed by atoms with Crippen molar-refractivity contribution in [3.8, 4) is 0 Å². The van der Waals surface area contributed by atoms with Crippen LogP contribution in [-0.2, 0) is 9.53 Å². The SMILES string of the molecule is CC(C)COC[C@H](NC(=O)CN1C(=O)c2ccccc2C1=O)c1ccco1. The number of furan rings is 1. The molecule has 142 valence electrons. The Kier molecular flexibility index (Phi) is 5.71. The molecule has 1 aromatic heterocycles. The summed E-state index contributed by atoms with van der Waals surface area (Å²) in [6.07, 6.45) is 1.51. The molecular formula is C20H22N2O5. The van der Waals surface area contributed by atoms with Gasteiger partial charge in [0.1, 0.15) is 18.3 Å². The Bertz CT molecular complexity index is 794. The smallest absolute Gasteiger partial charge is 0.262 e. The monoisotopic (exact) mass is 370 g/mol.